The van der Waals surface area contributed by atoms with Crippen LogP contribution in [0, 0.1) is 5.92 Å². The minimum absolute atomic E-state index is 0.00842. The van der Waals surface area contributed by atoms with Gasteiger partial charge >= 0.3 is 0 Å². The van der Waals surface area contributed by atoms with E-state index in [-0.39, 0.29) is 17.7 Å². The Morgan fingerprint density at radius 1 is 1.08 bits per heavy atom. The molecule has 2 aliphatic rings. The van der Waals surface area contributed by atoms with Crippen molar-refractivity contribution in [2.75, 3.05) is 33.3 Å². The van der Waals surface area contributed by atoms with E-state index in [9.17, 15) is 9.59 Å². The van der Waals surface area contributed by atoms with E-state index in [1.54, 1.807) is 7.11 Å². The second-order valence-electron chi connectivity index (χ2n) is 6.88. The van der Waals surface area contributed by atoms with Gasteiger partial charge < -0.3 is 19.5 Å². The van der Waals surface area contributed by atoms with Crippen molar-refractivity contribution in [1.29, 1.82) is 0 Å². The van der Waals surface area contributed by atoms with Crippen molar-refractivity contribution in [3.8, 4) is 5.75 Å². The Morgan fingerprint density at radius 2 is 1.80 bits per heavy atom. The maximum absolute atomic E-state index is 12.8. The summed E-state index contributed by atoms with van der Waals surface area (Å²) in [6.07, 6.45) is 3.22. The molecule has 1 aliphatic carbocycles. The quantitative estimate of drug-likeness (QED) is 0.931. The van der Waals surface area contributed by atoms with E-state index >= 15 is 0 Å². The van der Waals surface area contributed by atoms with Crippen molar-refractivity contribution >= 4 is 22.7 Å². The number of ether oxygens (including phenoxy) is 1. The lowest BCUT2D eigenvalue weighted by molar-refractivity contribution is -0.139. The van der Waals surface area contributed by atoms with Crippen LogP contribution in [0.3, 0.4) is 0 Å². The van der Waals surface area contributed by atoms with E-state index in [1.807, 2.05) is 34.1 Å². The highest BCUT2D eigenvalue weighted by Crippen LogP contribution is 2.28. The molecule has 1 aromatic carbocycles. The van der Waals surface area contributed by atoms with Crippen molar-refractivity contribution < 1.29 is 14.3 Å². The van der Waals surface area contributed by atoms with Gasteiger partial charge in [-0.05, 0) is 37.1 Å². The van der Waals surface area contributed by atoms with Crippen LogP contribution in [0.25, 0.3) is 10.9 Å². The van der Waals surface area contributed by atoms with Crippen LogP contribution in [-0.4, -0.2) is 59.9 Å². The van der Waals surface area contributed by atoms with Gasteiger partial charge in [0.05, 0.1) is 7.11 Å². The predicted molar refractivity (Wildman–Crippen MR) is 94.7 cm³/mol. The van der Waals surface area contributed by atoms with Crippen molar-refractivity contribution in [3.05, 3.63) is 30.0 Å². The van der Waals surface area contributed by atoms with Gasteiger partial charge in [-0.15, -0.1) is 0 Å². The molecule has 6 nitrogen and oxygen atoms in total. The van der Waals surface area contributed by atoms with Crippen LogP contribution in [0.1, 0.15) is 29.8 Å². The van der Waals surface area contributed by atoms with Crippen molar-refractivity contribution in [2.24, 2.45) is 5.92 Å². The fraction of sp³-hybridized carbons (Fsp3) is 0.474. The fourth-order valence-corrected chi connectivity index (χ4v) is 3.57. The number of H-pyrrole nitrogens is 1. The molecule has 132 valence electrons. The van der Waals surface area contributed by atoms with Crippen LogP contribution in [0.4, 0.5) is 0 Å². The van der Waals surface area contributed by atoms with Crippen LogP contribution in [0.15, 0.2) is 24.3 Å². The average Bonchev–Trinajstić information content (AvgIpc) is 3.02. The lowest BCUT2D eigenvalue weighted by atomic mass is 9.84. The van der Waals surface area contributed by atoms with E-state index in [0.717, 1.165) is 29.5 Å². The summed E-state index contributed by atoms with van der Waals surface area (Å²) >= 11 is 0. The van der Waals surface area contributed by atoms with Gasteiger partial charge in [0, 0.05) is 43.0 Å². The first-order valence-corrected chi connectivity index (χ1v) is 8.90. The third-order valence-corrected chi connectivity index (χ3v) is 5.39. The summed E-state index contributed by atoms with van der Waals surface area (Å²) in [5, 5.41) is 0.960. The molecule has 6 heteroatoms. The number of carbonyl (C=O) groups is 2. The average molecular weight is 341 g/mol. The summed E-state index contributed by atoms with van der Waals surface area (Å²) in [5.74, 6) is 1.27. The number of benzene rings is 1. The highest BCUT2D eigenvalue weighted by Gasteiger charge is 2.32. The molecular weight excluding hydrogens is 318 g/mol. The Bertz CT molecular complexity index is 801. The maximum atomic E-state index is 12.8. The van der Waals surface area contributed by atoms with E-state index < -0.39 is 0 Å². The van der Waals surface area contributed by atoms with Crippen LogP contribution >= 0.6 is 0 Å². The topological polar surface area (TPSA) is 65.6 Å². The van der Waals surface area contributed by atoms with Gasteiger partial charge in [-0.25, -0.2) is 0 Å². The van der Waals surface area contributed by atoms with Gasteiger partial charge in [-0.3, -0.25) is 9.59 Å². The number of aromatic amines is 1. The number of hydrogen-bond acceptors (Lipinski definition) is 3. The fourth-order valence-electron chi connectivity index (χ4n) is 3.57. The Hall–Kier alpha value is -2.50. The number of hydrogen-bond donors (Lipinski definition) is 1. The molecule has 0 spiro atoms. The summed E-state index contributed by atoms with van der Waals surface area (Å²) in [6.45, 7) is 2.45. The summed E-state index contributed by atoms with van der Waals surface area (Å²) in [7, 11) is 1.63. The standard InChI is InChI=1S/C19H23N3O3/c1-25-15-5-6-16-14(11-15)12-17(20-16)19(24)22-9-7-21(8-10-22)18(23)13-3-2-4-13/h5-6,11-13,20H,2-4,7-10H2,1H3. The molecule has 1 saturated heterocycles. The van der Waals surface area contributed by atoms with Crippen molar-refractivity contribution in [1.82, 2.24) is 14.8 Å². The molecule has 0 atom stereocenters. The van der Waals surface area contributed by atoms with Gasteiger partial charge in [0.25, 0.3) is 5.91 Å². The van der Waals surface area contributed by atoms with Crippen LogP contribution < -0.4 is 4.74 Å². The number of nitrogens with one attached hydrogen (secondary N) is 1. The van der Waals surface area contributed by atoms with Gasteiger partial charge in [-0.1, -0.05) is 6.42 Å². The summed E-state index contributed by atoms with van der Waals surface area (Å²) < 4.78 is 5.23. The molecule has 1 aliphatic heterocycles. The van der Waals surface area contributed by atoms with E-state index in [0.29, 0.717) is 31.9 Å². The highest BCUT2D eigenvalue weighted by atomic mass is 16.5. The van der Waals surface area contributed by atoms with Crippen molar-refractivity contribution in [3.63, 3.8) is 0 Å². The lowest BCUT2D eigenvalue weighted by Crippen LogP contribution is -2.52. The minimum atomic E-state index is -0.00842. The monoisotopic (exact) mass is 341 g/mol. The van der Waals surface area contributed by atoms with Crippen LogP contribution in [-0.2, 0) is 4.79 Å². The second kappa shape index (κ2) is 6.43. The number of aromatic nitrogens is 1. The van der Waals surface area contributed by atoms with E-state index in [1.165, 1.54) is 6.42 Å². The van der Waals surface area contributed by atoms with Gasteiger partial charge in [0.2, 0.25) is 5.91 Å². The number of amides is 2. The third-order valence-electron chi connectivity index (χ3n) is 5.39. The summed E-state index contributed by atoms with van der Waals surface area (Å²) in [6, 6.07) is 7.57. The van der Waals surface area contributed by atoms with Crippen molar-refractivity contribution in [2.45, 2.75) is 19.3 Å². The van der Waals surface area contributed by atoms with Crippen LogP contribution in [0.5, 0.6) is 5.75 Å². The molecular formula is C19H23N3O3. The SMILES string of the molecule is COc1ccc2[nH]c(C(=O)N3CCN(C(=O)C4CCC4)CC3)cc2c1. The van der Waals surface area contributed by atoms with Crippen LogP contribution in [0.2, 0.25) is 0 Å². The Morgan fingerprint density at radius 3 is 2.44 bits per heavy atom. The maximum Gasteiger partial charge on any atom is 0.270 e. The molecule has 1 N–H and O–H groups in total. The largest absolute Gasteiger partial charge is 0.497 e. The molecule has 4 rings (SSSR count). The highest BCUT2D eigenvalue weighted by molar-refractivity contribution is 5.98. The smallest absolute Gasteiger partial charge is 0.270 e. The Balaban J connectivity index is 1.42. The van der Waals surface area contributed by atoms with E-state index in [4.69, 9.17) is 4.74 Å². The molecule has 0 radical (unpaired) electrons. The molecule has 1 aromatic heterocycles. The zero-order valence-corrected chi connectivity index (χ0v) is 14.5. The lowest BCUT2D eigenvalue weighted by Gasteiger charge is -2.38. The normalized spacial score (nSPS) is 18.3. The molecule has 2 fully saturated rings. The molecule has 2 heterocycles. The number of piperazine rings is 1. The molecule has 1 saturated carbocycles. The predicted octanol–water partition coefficient (Wildman–Crippen LogP) is 2.26. The summed E-state index contributed by atoms with van der Waals surface area (Å²) in [4.78, 5) is 32.0. The number of methoxy groups -OCH3 is 1. The van der Waals surface area contributed by atoms with Gasteiger partial charge in [0.15, 0.2) is 0 Å². The number of rotatable bonds is 3. The first-order chi connectivity index (χ1) is 12.2. The van der Waals surface area contributed by atoms with Gasteiger partial charge in [0.1, 0.15) is 11.4 Å². The molecule has 0 bridgehead atoms. The zero-order chi connectivity index (χ0) is 17.4. The Labute approximate surface area is 146 Å². The minimum Gasteiger partial charge on any atom is -0.497 e. The number of fused-ring (bicyclic) bond motifs is 1. The molecule has 25 heavy (non-hydrogen) atoms. The first-order valence-electron chi connectivity index (χ1n) is 8.90. The third kappa shape index (κ3) is 2.97. The first kappa shape index (κ1) is 16.0. The zero-order valence-electron chi connectivity index (χ0n) is 14.5. The number of carbonyl (C=O) groups excluding carboxylic acids is 2. The molecule has 0 unspecified atom stereocenters. The number of nitrogens with zero attached hydrogens (tertiary/aromatic N) is 2. The van der Waals surface area contributed by atoms with E-state index in [2.05, 4.69) is 4.98 Å². The van der Waals surface area contributed by atoms with Gasteiger partial charge in [-0.2, -0.15) is 0 Å². The Kier molecular flexibility index (Phi) is 4.11. The molecule has 2 amide bonds. The summed E-state index contributed by atoms with van der Waals surface area (Å²) in [5.41, 5.74) is 1.50. The second-order valence-corrected chi connectivity index (χ2v) is 6.88. The molecule has 2 aromatic rings.